The second-order valence-corrected chi connectivity index (χ2v) is 6.91. The van der Waals surface area contributed by atoms with Gasteiger partial charge in [0.05, 0.1) is 5.69 Å². The minimum Gasteiger partial charge on any atom is -0.451 e. The number of benzene rings is 2. The van der Waals surface area contributed by atoms with Gasteiger partial charge in [-0.2, -0.15) is 5.10 Å². The Morgan fingerprint density at radius 2 is 1.77 bits per heavy atom. The van der Waals surface area contributed by atoms with E-state index in [-0.39, 0.29) is 24.5 Å². The molecular weight excluding hydrogens is 400 g/mol. The van der Waals surface area contributed by atoms with Crippen LogP contribution < -0.4 is 15.6 Å². The van der Waals surface area contributed by atoms with E-state index in [1.54, 1.807) is 42.5 Å². The molecule has 0 atom stereocenters. The van der Waals surface area contributed by atoms with E-state index >= 15 is 0 Å². The van der Waals surface area contributed by atoms with Crippen molar-refractivity contribution in [3.8, 4) is 0 Å². The molecule has 1 heterocycles. The third-order valence-electron chi connectivity index (χ3n) is 4.71. The van der Waals surface area contributed by atoms with Crippen molar-refractivity contribution in [2.75, 3.05) is 16.9 Å². The molecule has 0 aromatic heterocycles. The van der Waals surface area contributed by atoms with Gasteiger partial charge in [0.25, 0.3) is 5.91 Å². The molecule has 3 rings (SSSR count). The number of nitrogens with zero attached hydrogens (tertiary/aromatic N) is 2. The van der Waals surface area contributed by atoms with Gasteiger partial charge >= 0.3 is 12.0 Å². The highest BCUT2D eigenvalue weighted by atomic mass is 16.5. The highest BCUT2D eigenvalue weighted by Crippen LogP contribution is 2.20. The van der Waals surface area contributed by atoms with Crippen LogP contribution in [0.2, 0.25) is 0 Å². The van der Waals surface area contributed by atoms with Crippen LogP contribution in [0.3, 0.4) is 0 Å². The molecule has 31 heavy (non-hydrogen) atoms. The predicted molar refractivity (Wildman–Crippen MR) is 115 cm³/mol. The van der Waals surface area contributed by atoms with Gasteiger partial charge in [0.2, 0.25) is 5.91 Å². The van der Waals surface area contributed by atoms with Gasteiger partial charge in [-0.05, 0) is 43.2 Å². The van der Waals surface area contributed by atoms with Crippen LogP contribution in [0.4, 0.5) is 16.2 Å². The maximum absolute atomic E-state index is 12.3. The Hall–Kier alpha value is -4.01. The molecule has 1 aliphatic rings. The molecule has 2 N–H and O–H groups in total. The minimum atomic E-state index is -0.821. The largest absolute Gasteiger partial charge is 0.451 e. The topological polar surface area (TPSA) is 117 Å². The standard InChI is InChI=1S/C22H22N4O5/c1-14-7-6-10-17(15(14)2)23-22(30)24-19(27)13-31-21(29)18-11-12-20(28)26(25-18)16-8-4-3-5-9-16/h3-10H,11-13H2,1-2H3,(H2,23,24,27,30). The first-order chi connectivity index (χ1) is 14.8. The number of imide groups is 1. The van der Waals surface area contributed by atoms with Crippen molar-refractivity contribution < 1.29 is 23.9 Å². The summed E-state index contributed by atoms with van der Waals surface area (Å²) in [5.74, 6) is -1.86. The molecule has 9 heteroatoms. The average Bonchev–Trinajstić information content (AvgIpc) is 2.76. The maximum atomic E-state index is 12.3. The average molecular weight is 422 g/mol. The molecule has 0 saturated carbocycles. The Morgan fingerprint density at radius 3 is 2.52 bits per heavy atom. The third kappa shape index (κ3) is 5.53. The smallest absolute Gasteiger partial charge is 0.355 e. The van der Waals surface area contributed by atoms with Crippen molar-refractivity contribution in [3.63, 3.8) is 0 Å². The zero-order chi connectivity index (χ0) is 22.4. The maximum Gasteiger partial charge on any atom is 0.355 e. The highest BCUT2D eigenvalue weighted by Gasteiger charge is 2.27. The number of aryl methyl sites for hydroxylation is 1. The van der Waals surface area contributed by atoms with E-state index in [9.17, 15) is 19.2 Å². The van der Waals surface area contributed by atoms with Crippen LogP contribution in [0.25, 0.3) is 0 Å². The van der Waals surface area contributed by atoms with Crippen molar-refractivity contribution in [2.45, 2.75) is 26.7 Å². The zero-order valence-corrected chi connectivity index (χ0v) is 17.2. The van der Waals surface area contributed by atoms with Gasteiger partial charge in [-0.3, -0.25) is 14.9 Å². The monoisotopic (exact) mass is 422 g/mol. The molecule has 160 valence electrons. The lowest BCUT2D eigenvalue weighted by atomic mass is 10.1. The second-order valence-electron chi connectivity index (χ2n) is 6.91. The van der Waals surface area contributed by atoms with E-state index < -0.39 is 24.5 Å². The molecule has 0 bridgehead atoms. The van der Waals surface area contributed by atoms with E-state index in [2.05, 4.69) is 15.7 Å². The second kappa shape index (κ2) is 9.66. The number of para-hydroxylation sites is 1. The number of hydrazone groups is 1. The highest BCUT2D eigenvalue weighted by molar-refractivity contribution is 6.38. The van der Waals surface area contributed by atoms with Crippen LogP contribution in [-0.4, -0.2) is 36.1 Å². The molecular formula is C22H22N4O5. The molecule has 0 saturated heterocycles. The molecule has 4 amide bonds. The van der Waals surface area contributed by atoms with Gasteiger partial charge in [-0.15, -0.1) is 0 Å². The summed E-state index contributed by atoms with van der Waals surface area (Å²) < 4.78 is 4.96. The number of anilines is 2. The van der Waals surface area contributed by atoms with Gasteiger partial charge in [0, 0.05) is 18.5 Å². The number of carbonyl (C=O) groups is 4. The summed E-state index contributed by atoms with van der Waals surface area (Å²) in [6, 6.07) is 13.4. The van der Waals surface area contributed by atoms with E-state index in [1.807, 2.05) is 19.9 Å². The summed E-state index contributed by atoms with van der Waals surface area (Å²) >= 11 is 0. The normalized spacial score (nSPS) is 13.3. The van der Waals surface area contributed by atoms with Gasteiger partial charge in [0.1, 0.15) is 5.71 Å². The molecule has 0 aliphatic carbocycles. The number of nitrogens with one attached hydrogen (secondary N) is 2. The number of urea groups is 1. The van der Waals surface area contributed by atoms with E-state index in [4.69, 9.17) is 4.74 Å². The summed E-state index contributed by atoms with van der Waals surface area (Å²) in [5.41, 5.74) is 3.00. The first kappa shape index (κ1) is 21.7. The lowest BCUT2D eigenvalue weighted by Gasteiger charge is -2.22. The van der Waals surface area contributed by atoms with Crippen molar-refractivity contribution >= 4 is 40.9 Å². The van der Waals surface area contributed by atoms with Gasteiger partial charge in [-0.25, -0.2) is 14.6 Å². The van der Waals surface area contributed by atoms with Crippen LogP contribution in [0.1, 0.15) is 24.0 Å². The molecule has 0 spiro atoms. The Labute approximate surface area is 179 Å². The molecule has 0 unspecified atom stereocenters. The molecule has 9 nitrogen and oxygen atoms in total. The Bertz CT molecular complexity index is 1050. The van der Waals surface area contributed by atoms with E-state index in [0.717, 1.165) is 16.1 Å². The van der Waals surface area contributed by atoms with Crippen LogP contribution in [0.15, 0.2) is 53.6 Å². The van der Waals surface area contributed by atoms with Gasteiger partial charge in [0.15, 0.2) is 6.61 Å². The van der Waals surface area contributed by atoms with Gasteiger partial charge in [-0.1, -0.05) is 30.3 Å². The fraction of sp³-hybridized carbons (Fsp3) is 0.227. The Balaban J connectivity index is 1.54. The van der Waals surface area contributed by atoms with Crippen LogP contribution in [0, 0.1) is 13.8 Å². The zero-order valence-electron chi connectivity index (χ0n) is 17.2. The first-order valence-corrected chi connectivity index (χ1v) is 9.65. The Kier molecular flexibility index (Phi) is 6.76. The number of esters is 1. The SMILES string of the molecule is Cc1cccc(NC(=O)NC(=O)COC(=O)C2=NN(c3ccccc3)C(=O)CC2)c1C. The fourth-order valence-corrected chi connectivity index (χ4v) is 2.89. The van der Waals surface area contributed by atoms with Crippen molar-refractivity contribution in [3.05, 3.63) is 59.7 Å². The molecule has 1 aliphatic heterocycles. The van der Waals surface area contributed by atoms with Crippen LogP contribution in [-0.2, 0) is 19.1 Å². The van der Waals surface area contributed by atoms with Crippen molar-refractivity contribution in [2.24, 2.45) is 5.10 Å². The molecule has 2 aromatic rings. The molecule has 0 radical (unpaired) electrons. The predicted octanol–water partition coefficient (Wildman–Crippen LogP) is 2.68. The lowest BCUT2D eigenvalue weighted by Crippen LogP contribution is -2.39. The summed E-state index contributed by atoms with van der Waals surface area (Å²) in [6.07, 6.45) is 0.197. The number of ether oxygens (including phenoxy) is 1. The lowest BCUT2D eigenvalue weighted by molar-refractivity contribution is -0.141. The first-order valence-electron chi connectivity index (χ1n) is 9.65. The van der Waals surface area contributed by atoms with E-state index in [0.29, 0.717) is 11.4 Å². The summed E-state index contributed by atoms with van der Waals surface area (Å²) in [5, 5.41) is 9.88. The summed E-state index contributed by atoms with van der Waals surface area (Å²) in [6.45, 7) is 3.10. The van der Waals surface area contributed by atoms with Crippen molar-refractivity contribution in [1.29, 1.82) is 0 Å². The number of hydrogen-bond donors (Lipinski definition) is 2. The number of carbonyl (C=O) groups excluding carboxylic acids is 4. The number of rotatable bonds is 5. The van der Waals surface area contributed by atoms with E-state index in [1.165, 1.54) is 0 Å². The third-order valence-corrected chi connectivity index (χ3v) is 4.71. The van der Waals surface area contributed by atoms with Crippen LogP contribution >= 0.6 is 0 Å². The molecule has 2 aromatic carbocycles. The fourth-order valence-electron chi connectivity index (χ4n) is 2.89. The van der Waals surface area contributed by atoms with Crippen LogP contribution in [0.5, 0.6) is 0 Å². The van der Waals surface area contributed by atoms with Gasteiger partial charge < -0.3 is 10.1 Å². The number of amides is 4. The molecule has 0 fully saturated rings. The summed E-state index contributed by atoms with van der Waals surface area (Å²) in [4.78, 5) is 48.4. The summed E-state index contributed by atoms with van der Waals surface area (Å²) in [7, 11) is 0. The quantitative estimate of drug-likeness (QED) is 0.719. The van der Waals surface area contributed by atoms with Crippen molar-refractivity contribution in [1.82, 2.24) is 5.32 Å². The minimum absolute atomic E-state index is 0.0242. The Morgan fingerprint density at radius 1 is 1.03 bits per heavy atom. The number of hydrogen-bond acceptors (Lipinski definition) is 6.